The number of rotatable bonds is 4. The fourth-order valence-corrected chi connectivity index (χ4v) is 2.35. The van der Waals surface area contributed by atoms with E-state index in [1.165, 1.54) is 0 Å². The largest absolute Gasteiger partial charge is 0.336 e. The van der Waals surface area contributed by atoms with Gasteiger partial charge in [0.1, 0.15) is 5.54 Å². The average Bonchev–Trinajstić information content (AvgIpc) is 2.85. The SMILES string of the molecule is C#CC(CC)(CC)NC(=O)c1cc(C)nc2onc(C)c12. The number of hydrogen-bond acceptors (Lipinski definition) is 4. The number of terminal acetylenes is 1. The van der Waals surface area contributed by atoms with Gasteiger partial charge in [-0.15, -0.1) is 6.42 Å². The third-order valence-electron chi connectivity index (χ3n) is 3.83. The predicted molar refractivity (Wildman–Crippen MR) is 80.9 cm³/mol. The van der Waals surface area contributed by atoms with E-state index in [1.807, 2.05) is 20.8 Å². The number of aromatic nitrogens is 2. The smallest absolute Gasteiger partial charge is 0.258 e. The predicted octanol–water partition coefficient (Wildman–Crippen LogP) is 2.76. The lowest BCUT2D eigenvalue weighted by molar-refractivity contribution is 0.0918. The molecule has 21 heavy (non-hydrogen) atoms. The van der Waals surface area contributed by atoms with Crippen LogP contribution in [0.5, 0.6) is 0 Å². The summed E-state index contributed by atoms with van der Waals surface area (Å²) in [4.78, 5) is 16.9. The van der Waals surface area contributed by atoms with Crippen molar-refractivity contribution >= 4 is 17.0 Å². The molecule has 110 valence electrons. The zero-order valence-electron chi connectivity index (χ0n) is 12.8. The van der Waals surface area contributed by atoms with Crippen LogP contribution < -0.4 is 5.32 Å². The molecule has 1 N–H and O–H groups in total. The van der Waals surface area contributed by atoms with Crippen molar-refractivity contribution in [3.8, 4) is 12.3 Å². The molecule has 0 radical (unpaired) electrons. The number of nitrogens with one attached hydrogen (secondary N) is 1. The molecule has 0 fully saturated rings. The van der Waals surface area contributed by atoms with Gasteiger partial charge in [-0.05, 0) is 32.8 Å². The minimum Gasteiger partial charge on any atom is -0.336 e. The summed E-state index contributed by atoms with van der Waals surface area (Å²) in [5, 5.41) is 7.47. The van der Waals surface area contributed by atoms with E-state index in [4.69, 9.17) is 10.9 Å². The zero-order valence-corrected chi connectivity index (χ0v) is 12.8. The van der Waals surface area contributed by atoms with Gasteiger partial charge >= 0.3 is 0 Å². The van der Waals surface area contributed by atoms with Gasteiger partial charge in [0.15, 0.2) is 0 Å². The van der Waals surface area contributed by atoms with Crippen LogP contribution in [0.1, 0.15) is 48.4 Å². The molecule has 2 heterocycles. The normalized spacial score (nSPS) is 11.4. The van der Waals surface area contributed by atoms with Crippen LogP contribution >= 0.6 is 0 Å². The highest BCUT2D eigenvalue weighted by Gasteiger charge is 2.27. The average molecular weight is 285 g/mol. The molecule has 5 heteroatoms. The van der Waals surface area contributed by atoms with E-state index in [1.54, 1.807) is 13.0 Å². The van der Waals surface area contributed by atoms with E-state index < -0.39 is 5.54 Å². The maximum absolute atomic E-state index is 12.6. The van der Waals surface area contributed by atoms with E-state index >= 15 is 0 Å². The molecule has 0 aliphatic rings. The van der Waals surface area contributed by atoms with Crippen LogP contribution in [0.4, 0.5) is 0 Å². The third kappa shape index (κ3) is 2.62. The second-order valence-corrected chi connectivity index (χ2v) is 5.15. The first-order chi connectivity index (χ1) is 9.96. The van der Waals surface area contributed by atoms with Crippen LogP contribution in [0.25, 0.3) is 11.1 Å². The summed E-state index contributed by atoms with van der Waals surface area (Å²) >= 11 is 0. The van der Waals surface area contributed by atoms with Gasteiger partial charge in [0.25, 0.3) is 11.6 Å². The maximum atomic E-state index is 12.6. The molecule has 0 saturated carbocycles. The Kier molecular flexibility index (Phi) is 3.99. The summed E-state index contributed by atoms with van der Waals surface area (Å²) in [6.07, 6.45) is 6.94. The molecule has 0 aliphatic heterocycles. The quantitative estimate of drug-likeness (QED) is 0.877. The summed E-state index contributed by atoms with van der Waals surface area (Å²) in [5.74, 6) is 2.48. The van der Waals surface area contributed by atoms with E-state index in [-0.39, 0.29) is 5.91 Å². The van der Waals surface area contributed by atoms with Gasteiger partial charge in [-0.2, -0.15) is 0 Å². The Balaban J connectivity index is 2.49. The van der Waals surface area contributed by atoms with Crippen molar-refractivity contribution in [2.75, 3.05) is 0 Å². The molecule has 2 aromatic heterocycles. The van der Waals surface area contributed by atoms with Gasteiger partial charge in [-0.1, -0.05) is 24.9 Å². The highest BCUT2D eigenvalue weighted by Crippen LogP contribution is 2.23. The lowest BCUT2D eigenvalue weighted by Crippen LogP contribution is -2.46. The zero-order chi connectivity index (χ0) is 15.6. The van der Waals surface area contributed by atoms with Crippen molar-refractivity contribution < 1.29 is 9.32 Å². The Morgan fingerprint density at radius 1 is 1.43 bits per heavy atom. The van der Waals surface area contributed by atoms with Gasteiger partial charge in [-0.25, -0.2) is 4.98 Å². The molecule has 0 spiro atoms. The van der Waals surface area contributed by atoms with Crippen LogP contribution in [-0.4, -0.2) is 21.6 Å². The Bertz CT molecular complexity index is 721. The van der Waals surface area contributed by atoms with Crippen molar-refractivity contribution in [2.24, 2.45) is 0 Å². The molecule has 0 atom stereocenters. The van der Waals surface area contributed by atoms with Crippen molar-refractivity contribution in [1.82, 2.24) is 15.5 Å². The van der Waals surface area contributed by atoms with Gasteiger partial charge in [-0.3, -0.25) is 4.79 Å². The number of amides is 1. The minimum atomic E-state index is -0.633. The van der Waals surface area contributed by atoms with Crippen molar-refractivity contribution in [3.63, 3.8) is 0 Å². The van der Waals surface area contributed by atoms with E-state index in [0.717, 1.165) is 0 Å². The molecular weight excluding hydrogens is 266 g/mol. The number of aryl methyl sites for hydroxylation is 2. The molecule has 0 saturated heterocycles. The monoisotopic (exact) mass is 285 g/mol. The molecule has 2 rings (SSSR count). The number of pyridine rings is 1. The van der Waals surface area contributed by atoms with Gasteiger partial charge < -0.3 is 9.84 Å². The lowest BCUT2D eigenvalue weighted by Gasteiger charge is -2.27. The molecule has 5 nitrogen and oxygen atoms in total. The van der Waals surface area contributed by atoms with Crippen molar-refractivity contribution in [1.29, 1.82) is 0 Å². The topological polar surface area (TPSA) is 68.0 Å². The van der Waals surface area contributed by atoms with Crippen LogP contribution in [-0.2, 0) is 0 Å². The first-order valence-electron chi connectivity index (χ1n) is 7.00. The number of hydrogen-bond donors (Lipinski definition) is 1. The number of fused-ring (bicyclic) bond motifs is 1. The minimum absolute atomic E-state index is 0.224. The van der Waals surface area contributed by atoms with E-state index in [0.29, 0.717) is 40.9 Å². The Hall–Kier alpha value is -2.35. The molecular formula is C16H19N3O2. The fourth-order valence-electron chi connectivity index (χ4n) is 2.35. The second kappa shape index (κ2) is 5.57. The fraction of sp³-hybridized carbons (Fsp3) is 0.438. The van der Waals surface area contributed by atoms with Gasteiger partial charge in [0, 0.05) is 5.69 Å². The van der Waals surface area contributed by atoms with Gasteiger partial charge in [0.2, 0.25) is 0 Å². The molecule has 0 aromatic carbocycles. The standard InChI is InChI=1S/C16H19N3O2/c1-6-16(7-2,8-3)18-14(20)12-9-10(4)17-15-13(12)11(5)19-21-15/h1,9H,7-8H2,2-5H3,(H,18,20). The first kappa shape index (κ1) is 15.0. The number of carbonyl (C=O) groups excluding carboxylic acids is 1. The maximum Gasteiger partial charge on any atom is 0.258 e. The highest BCUT2D eigenvalue weighted by atomic mass is 16.5. The third-order valence-corrected chi connectivity index (χ3v) is 3.83. The summed E-state index contributed by atoms with van der Waals surface area (Å²) in [6, 6.07) is 1.73. The lowest BCUT2D eigenvalue weighted by atomic mass is 9.93. The molecule has 0 unspecified atom stereocenters. The Morgan fingerprint density at radius 3 is 2.67 bits per heavy atom. The van der Waals surface area contributed by atoms with Crippen LogP contribution in [0.3, 0.4) is 0 Å². The van der Waals surface area contributed by atoms with Crippen LogP contribution in [0.2, 0.25) is 0 Å². The Labute approximate surface area is 124 Å². The molecule has 0 bridgehead atoms. The van der Waals surface area contributed by atoms with E-state index in [2.05, 4.69) is 21.4 Å². The van der Waals surface area contributed by atoms with Crippen molar-refractivity contribution in [2.45, 2.75) is 46.1 Å². The van der Waals surface area contributed by atoms with E-state index in [9.17, 15) is 4.79 Å². The van der Waals surface area contributed by atoms with Crippen molar-refractivity contribution in [3.05, 3.63) is 23.0 Å². The molecule has 2 aromatic rings. The first-order valence-corrected chi connectivity index (χ1v) is 7.00. The summed E-state index contributed by atoms with van der Waals surface area (Å²) < 4.78 is 5.15. The second-order valence-electron chi connectivity index (χ2n) is 5.15. The highest BCUT2D eigenvalue weighted by molar-refractivity contribution is 6.06. The number of carbonyl (C=O) groups is 1. The Morgan fingerprint density at radius 2 is 2.10 bits per heavy atom. The summed E-state index contributed by atoms with van der Waals surface area (Å²) in [7, 11) is 0. The molecule has 0 aliphatic carbocycles. The summed E-state index contributed by atoms with van der Waals surface area (Å²) in [5.41, 5.74) is 1.57. The van der Waals surface area contributed by atoms with Gasteiger partial charge in [0.05, 0.1) is 16.6 Å². The van der Waals surface area contributed by atoms with Crippen LogP contribution in [0.15, 0.2) is 10.6 Å². The molecule has 1 amide bonds. The number of nitrogens with zero attached hydrogens (tertiary/aromatic N) is 2. The van der Waals surface area contributed by atoms with Crippen LogP contribution in [0, 0.1) is 26.2 Å². The summed E-state index contributed by atoms with van der Waals surface area (Å²) in [6.45, 7) is 7.51.